The van der Waals surface area contributed by atoms with Crippen LogP contribution < -0.4 is 12.4 Å². The zero-order valence-corrected chi connectivity index (χ0v) is 30.8. The average molecular weight is 629 g/mol. The minimum Gasteiger partial charge on any atom is -1.00 e. The normalized spacial score (nSPS) is 12.0. The van der Waals surface area contributed by atoms with E-state index in [-0.39, 0.29) is 35.5 Å². The first kappa shape index (κ1) is 47.0. The Morgan fingerprint density at radius 1 is 0.750 bits per heavy atom. The van der Waals surface area contributed by atoms with Gasteiger partial charge in [0.15, 0.2) is 0 Å². The molecule has 0 aromatic heterocycles. The topological polar surface area (TPSA) is 9.23 Å². The van der Waals surface area contributed by atoms with Crippen LogP contribution in [0.3, 0.4) is 0 Å². The molecule has 0 aromatic carbocycles. The molecule has 1 nitrogen and oxygen atoms in total. The van der Waals surface area contributed by atoms with Crippen molar-refractivity contribution in [2.75, 3.05) is 13.2 Å². The molecule has 0 atom stereocenters. The van der Waals surface area contributed by atoms with Gasteiger partial charge in [-0.15, -0.1) is 53.0 Å². The van der Waals surface area contributed by atoms with Crippen LogP contribution in [0.5, 0.6) is 0 Å². The van der Waals surface area contributed by atoms with E-state index in [1.165, 1.54) is 66.6 Å². The Hall–Kier alpha value is 1.15. The first-order valence-electron chi connectivity index (χ1n) is 12.7. The molecule has 0 amide bonds. The molecule has 8 heteroatoms. The fraction of sp³-hybridized carbons (Fsp3) is 0.679. The Morgan fingerprint density at radius 2 is 1.06 bits per heavy atom. The summed E-state index contributed by atoms with van der Waals surface area (Å²) in [6, 6.07) is 3.67. The Labute approximate surface area is 264 Å². The van der Waals surface area contributed by atoms with E-state index in [0.717, 1.165) is 37.7 Å². The van der Waals surface area contributed by atoms with Gasteiger partial charge < -0.3 is 17.1 Å². The Bertz CT molecular complexity index is 522. The molecule has 1 fully saturated rings. The molecule has 0 bridgehead atoms. The molecule has 1 aliphatic rings. The van der Waals surface area contributed by atoms with Gasteiger partial charge in [-0.1, -0.05) is 69.2 Å². The SMILES string of the molecule is C1CCOC1.C=C(C)C[Si](CCCC)(CC(=C)C)CC(=C)C.C=C([CH2-])C.CCCC[Si](Cl)(Cl)Cl.[Cl-].[Mg+2]. The molecule has 1 heterocycles. The average Bonchev–Trinajstić information content (AvgIpc) is 3.22. The third-order valence-electron chi connectivity index (χ3n) is 4.73. The summed E-state index contributed by atoms with van der Waals surface area (Å²) in [5.74, 6) is 0. The molecule has 1 saturated heterocycles. The molecule has 0 aromatic rings. The van der Waals surface area contributed by atoms with Gasteiger partial charge in [-0.05, 0) is 57.8 Å². The third kappa shape index (κ3) is 42.2. The molecule has 0 radical (unpaired) electrons. The molecule has 0 spiro atoms. The van der Waals surface area contributed by atoms with Crippen molar-refractivity contribution in [1.29, 1.82) is 0 Å². The Morgan fingerprint density at radius 3 is 1.22 bits per heavy atom. The van der Waals surface area contributed by atoms with E-state index in [0.29, 0.717) is 0 Å². The van der Waals surface area contributed by atoms with Crippen LogP contribution in [0, 0.1) is 6.92 Å². The van der Waals surface area contributed by atoms with Crippen molar-refractivity contribution in [3.63, 3.8) is 0 Å². The zero-order chi connectivity index (χ0) is 27.2. The summed E-state index contributed by atoms with van der Waals surface area (Å²) in [7, 11) is -1.30. The van der Waals surface area contributed by atoms with Crippen LogP contribution >= 0.6 is 33.2 Å². The molecule has 1 rings (SSSR count). The van der Waals surface area contributed by atoms with Crippen molar-refractivity contribution < 1.29 is 17.1 Å². The first-order valence-corrected chi connectivity index (χ1v) is 20.7. The second-order valence-electron chi connectivity index (χ2n) is 10.0. The van der Waals surface area contributed by atoms with Crippen molar-refractivity contribution in [1.82, 2.24) is 0 Å². The van der Waals surface area contributed by atoms with Crippen LogP contribution in [-0.4, -0.2) is 50.3 Å². The van der Waals surface area contributed by atoms with Crippen LogP contribution in [0.15, 0.2) is 48.6 Å². The second kappa shape index (κ2) is 29.1. The van der Waals surface area contributed by atoms with Crippen LogP contribution in [0.25, 0.3) is 0 Å². The largest absolute Gasteiger partial charge is 2.00 e. The smallest absolute Gasteiger partial charge is 1.00 e. The van der Waals surface area contributed by atoms with Gasteiger partial charge in [-0.25, -0.2) is 19.1 Å². The Balaban J connectivity index is -0.000000139. The van der Waals surface area contributed by atoms with Crippen LogP contribution in [0.2, 0.25) is 30.2 Å². The molecule has 0 unspecified atom stereocenters. The van der Waals surface area contributed by atoms with Crippen molar-refractivity contribution in [2.45, 2.75) is 110 Å². The molecule has 36 heavy (non-hydrogen) atoms. The van der Waals surface area contributed by atoms with Crippen molar-refractivity contribution in [2.24, 2.45) is 0 Å². The quantitative estimate of drug-likeness (QED) is 0.0916. The van der Waals surface area contributed by atoms with Gasteiger partial charge in [0.1, 0.15) is 0 Å². The van der Waals surface area contributed by atoms with Gasteiger partial charge in [0, 0.05) is 13.2 Å². The molecule has 210 valence electrons. The van der Waals surface area contributed by atoms with Crippen molar-refractivity contribution >= 4 is 70.4 Å². The Kier molecular flexibility index (Phi) is 38.0. The predicted octanol–water partition coefficient (Wildman–Crippen LogP) is 8.22. The molecule has 0 saturated carbocycles. The van der Waals surface area contributed by atoms with Gasteiger partial charge in [0.05, 0.1) is 8.07 Å². The number of rotatable bonds is 12. The number of hydrogen-bond donors (Lipinski definition) is 0. The summed E-state index contributed by atoms with van der Waals surface area (Å²) in [4.78, 5) is 0. The standard InChI is InChI=1S/C16H30Si.C4H9Cl3Si.C4H8O.C4H7.ClH.Mg/c1-8-9-10-17(11-14(2)3,12-15(4)5)13-16(6)7;1-2-3-4-8(5,6)7;1-2-4-5-3-1;1-4(2)3;;/h2,4,6,8-13H2,1,3,5,7H3;2-4H2,1H3;1-4H2;1-2H2,3H3;1H;/q;;;-1;;+2/p-1. The monoisotopic (exact) mass is 626 g/mol. The van der Waals surface area contributed by atoms with Crippen LogP contribution in [-0.2, 0) is 4.74 Å². The first-order chi connectivity index (χ1) is 15.6. The van der Waals surface area contributed by atoms with Gasteiger partial charge in [-0.2, -0.15) is 0 Å². The van der Waals surface area contributed by atoms with E-state index in [1.54, 1.807) is 0 Å². The van der Waals surface area contributed by atoms with E-state index in [2.05, 4.69) is 67.9 Å². The molecular weight excluding hydrogens is 575 g/mol. The van der Waals surface area contributed by atoms with Gasteiger partial charge in [0.2, 0.25) is 0 Å². The molecular formula is C28H54Cl4MgOSi2. The van der Waals surface area contributed by atoms with E-state index in [4.69, 9.17) is 38.0 Å². The fourth-order valence-corrected chi connectivity index (χ4v) is 11.6. The molecule has 0 aliphatic carbocycles. The number of unbranched alkanes of at least 4 members (excludes halogenated alkanes) is 2. The minimum absolute atomic E-state index is 0. The van der Waals surface area contributed by atoms with Gasteiger partial charge in [-0.3, -0.25) is 0 Å². The minimum atomic E-state index is -2.26. The van der Waals surface area contributed by atoms with E-state index >= 15 is 0 Å². The summed E-state index contributed by atoms with van der Waals surface area (Å²) < 4.78 is 4.94. The number of ether oxygens (including phenoxy) is 1. The number of allylic oxidation sites excluding steroid dienone is 4. The maximum Gasteiger partial charge on any atom is 2.00 e. The van der Waals surface area contributed by atoms with Gasteiger partial charge >= 0.3 is 29.1 Å². The van der Waals surface area contributed by atoms with E-state index in [1.807, 2.05) is 6.92 Å². The van der Waals surface area contributed by atoms with E-state index < -0.39 is 14.1 Å². The van der Waals surface area contributed by atoms with E-state index in [9.17, 15) is 0 Å². The van der Waals surface area contributed by atoms with Crippen LogP contribution in [0.4, 0.5) is 0 Å². The predicted molar refractivity (Wildman–Crippen MR) is 173 cm³/mol. The second-order valence-corrected chi connectivity index (χ2v) is 23.8. The maximum absolute atomic E-state index is 5.58. The third-order valence-corrected chi connectivity index (χ3v) is 12.8. The zero-order valence-electron chi connectivity index (χ0n) is 24.4. The molecule has 1 aliphatic heterocycles. The summed E-state index contributed by atoms with van der Waals surface area (Å²) >= 11 is 16.7. The van der Waals surface area contributed by atoms with Crippen molar-refractivity contribution in [3.8, 4) is 0 Å². The molecule has 0 N–H and O–H groups in total. The number of halogens is 4. The summed E-state index contributed by atoms with van der Waals surface area (Å²) in [6.45, 7) is 34.0. The summed E-state index contributed by atoms with van der Waals surface area (Å²) in [5, 5.41) is 0. The van der Waals surface area contributed by atoms with Gasteiger partial charge in [0.25, 0.3) is 0 Å². The maximum atomic E-state index is 5.58. The van der Waals surface area contributed by atoms with Crippen LogP contribution in [0.1, 0.15) is 80.1 Å². The summed E-state index contributed by atoms with van der Waals surface area (Å²) in [6.07, 6.45) is 7.35. The van der Waals surface area contributed by atoms with Crippen molar-refractivity contribution in [3.05, 3.63) is 55.5 Å². The number of hydrogen-bond acceptors (Lipinski definition) is 1. The fourth-order valence-electron chi connectivity index (χ4n) is 3.81. The summed E-state index contributed by atoms with van der Waals surface area (Å²) in [5.41, 5.74) is 4.95.